The van der Waals surface area contributed by atoms with Gasteiger partial charge in [0.15, 0.2) is 11.3 Å². The summed E-state index contributed by atoms with van der Waals surface area (Å²) in [4.78, 5) is 16.7. The number of carbonyl (C=O) groups excluding carboxylic acids is 1. The highest BCUT2D eigenvalue weighted by Crippen LogP contribution is 2.37. The van der Waals surface area contributed by atoms with Crippen molar-refractivity contribution in [1.82, 2.24) is 4.98 Å². The monoisotopic (exact) mass is 370 g/mol. The Labute approximate surface area is 151 Å². The molecule has 0 atom stereocenters. The molecule has 0 radical (unpaired) electrons. The van der Waals surface area contributed by atoms with Crippen LogP contribution in [0.4, 0.5) is 14.5 Å². The van der Waals surface area contributed by atoms with Gasteiger partial charge in [-0.15, -0.1) is 0 Å². The van der Waals surface area contributed by atoms with Gasteiger partial charge >= 0.3 is 12.6 Å². The molecule has 4 rings (SSSR count). The van der Waals surface area contributed by atoms with E-state index in [1.54, 1.807) is 30.3 Å². The summed E-state index contributed by atoms with van der Waals surface area (Å²) in [6, 6.07) is 10.4. The van der Waals surface area contributed by atoms with Gasteiger partial charge in [-0.25, -0.2) is 4.79 Å². The Morgan fingerprint density at radius 3 is 2.63 bits per heavy atom. The molecule has 6 nitrogen and oxygen atoms in total. The maximum absolute atomic E-state index is 12.7. The first-order valence-electron chi connectivity index (χ1n) is 7.84. The van der Waals surface area contributed by atoms with Crippen molar-refractivity contribution in [2.75, 3.05) is 5.73 Å². The van der Waals surface area contributed by atoms with E-state index in [2.05, 4.69) is 9.72 Å². The number of nitrogen functional groups attached to an aromatic ring is 1. The molecule has 136 valence electrons. The van der Waals surface area contributed by atoms with Crippen LogP contribution in [0.15, 0.2) is 59.3 Å². The second-order valence-corrected chi connectivity index (χ2v) is 5.63. The third kappa shape index (κ3) is 3.12. The number of carbonyl (C=O) groups is 1. The molecule has 8 heteroatoms. The second kappa shape index (κ2) is 6.56. The molecule has 2 heterocycles. The Hall–Kier alpha value is -3.68. The van der Waals surface area contributed by atoms with Gasteiger partial charge in [0.05, 0.1) is 5.56 Å². The van der Waals surface area contributed by atoms with Crippen LogP contribution in [0.2, 0.25) is 0 Å². The number of rotatable bonds is 4. The van der Waals surface area contributed by atoms with E-state index in [0.29, 0.717) is 22.4 Å². The van der Waals surface area contributed by atoms with E-state index in [4.69, 9.17) is 14.9 Å². The summed E-state index contributed by atoms with van der Waals surface area (Å²) >= 11 is 0. The number of furan rings is 1. The van der Waals surface area contributed by atoms with Crippen molar-refractivity contribution < 1.29 is 27.5 Å². The van der Waals surface area contributed by atoms with Crippen LogP contribution in [0.5, 0.6) is 11.5 Å². The fraction of sp³-hybridized carbons (Fsp3) is 0.0526. The average Bonchev–Trinajstić information content (AvgIpc) is 3.03. The first-order chi connectivity index (χ1) is 13.0. The number of ether oxygens (including phenoxy) is 2. The lowest BCUT2D eigenvalue weighted by Gasteiger charge is -2.09. The lowest BCUT2D eigenvalue weighted by molar-refractivity contribution is -0.0493. The Morgan fingerprint density at radius 2 is 1.89 bits per heavy atom. The number of esters is 1. The summed E-state index contributed by atoms with van der Waals surface area (Å²) in [5, 5.41) is 0.771. The third-order valence-corrected chi connectivity index (χ3v) is 3.91. The smallest absolute Gasteiger partial charge is 0.387 e. The highest BCUT2D eigenvalue weighted by Gasteiger charge is 2.22. The Balaban J connectivity index is 1.84. The molecule has 0 aliphatic heterocycles. The van der Waals surface area contributed by atoms with Crippen molar-refractivity contribution in [2.24, 2.45) is 0 Å². The minimum Gasteiger partial charge on any atom is -0.452 e. The number of halogens is 2. The number of pyridine rings is 1. The Kier molecular flexibility index (Phi) is 4.08. The van der Waals surface area contributed by atoms with Crippen molar-refractivity contribution in [2.45, 2.75) is 6.61 Å². The van der Waals surface area contributed by atoms with E-state index in [1.165, 1.54) is 24.5 Å². The minimum atomic E-state index is -3.04. The number of fused-ring (bicyclic) bond motifs is 3. The standard InChI is InChI=1S/C19H12F2N2O4/c20-19(21)27-15-6-5-12(18(24)25-11-3-1-10(22)2-4-11)16-13-9-23-8-7-14(13)26-17(15)16/h1-9,19H,22H2. The lowest BCUT2D eigenvalue weighted by Crippen LogP contribution is -2.10. The summed E-state index contributed by atoms with van der Waals surface area (Å²) < 4.78 is 40.9. The lowest BCUT2D eigenvalue weighted by atomic mass is 10.1. The molecule has 0 amide bonds. The molecule has 0 aliphatic carbocycles. The highest BCUT2D eigenvalue weighted by molar-refractivity contribution is 6.16. The van der Waals surface area contributed by atoms with E-state index in [0.717, 1.165) is 0 Å². The van der Waals surface area contributed by atoms with Gasteiger partial charge in [-0.05, 0) is 42.5 Å². The van der Waals surface area contributed by atoms with Gasteiger partial charge in [-0.3, -0.25) is 4.98 Å². The summed E-state index contributed by atoms with van der Waals surface area (Å²) in [6.45, 7) is -3.04. The molecule has 0 saturated heterocycles. The molecule has 4 aromatic rings. The summed E-state index contributed by atoms with van der Waals surface area (Å²) in [6.07, 6.45) is 2.97. The number of alkyl halides is 2. The molecule has 0 fully saturated rings. The highest BCUT2D eigenvalue weighted by atomic mass is 19.3. The SMILES string of the molecule is Nc1ccc(OC(=O)c2ccc(OC(F)F)c3oc4ccncc4c23)cc1. The van der Waals surface area contributed by atoms with E-state index in [9.17, 15) is 13.6 Å². The van der Waals surface area contributed by atoms with Crippen LogP contribution >= 0.6 is 0 Å². The van der Waals surface area contributed by atoms with E-state index < -0.39 is 12.6 Å². The number of nitrogens with zero attached hydrogens (tertiary/aromatic N) is 1. The maximum Gasteiger partial charge on any atom is 0.387 e. The molecule has 0 aliphatic rings. The molecular formula is C19H12F2N2O4. The summed E-state index contributed by atoms with van der Waals surface area (Å²) in [5.74, 6) is -0.568. The fourth-order valence-electron chi connectivity index (χ4n) is 2.76. The Morgan fingerprint density at radius 1 is 1.11 bits per heavy atom. The number of aromatic nitrogens is 1. The summed E-state index contributed by atoms with van der Waals surface area (Å²) in [7, 11) is 0. The van der Waals surface area contributed by atoms with Crippen molar-refractivity contribution >= 4 is 33.6 Å². The number of anilines is 1. The largest absolute Gasteiger partial charge is 0.452 e. The maximum atomic E-state index is 12.7. The van der Waals surface area contributed by atoms with E-state index in [1.807, 2.05) is 0 Å². The first-order valence-corrected chi connectivity index (χ1v) is 7.84. The normalized spacial score (nSPS) is 11.2. The van der Waals surface area contributed by atoms with E-state index in [-0.39, 0.29) is 22.3 Å². The third-order valence-electron chi connectivity index (χ3n) is 3.91. The van der Waals surface area contributed by atoms with Crippen LogP contribution in [-0.2, 0) is 0 Å². The van der Waals surface area contributed by atoms with Gasteiger partial charge in [0.25, 0.3) is 0 Å². The summed E-state index contributed by atoms with van der Waals surface area (Å²) in [5.41, 5.74) is 6.67. The molecule has 0 saturated carbocycles. The first kappa shape index (κ1) is 16.8. The van der Waals surface area contributed by atoms with Crippen LogP contribution in [0.1, 0.15) is 10.4 Å². The van der Waals surface area contributed by atoms with Crippen molar-refractivity contribution in [3.63, 3.8) is 0 Å². The van der Waals surface area contributed by atoms with Crippen LogP contribution in [0.25, 0.3) is 21.9 Å². The number of nitrogens with two attached hydrogens (primary N) is 1. The van der Waals surface area contributed by atoms with Crippen molar-refractivity contribution in [1.29, 1.82) is 0 Å². The molecule has 2 aromatic carbocycles. The number of benzene rings is 2. The Bertz CT molecular complexity index is 1140. The molecule has 2 N–H and O–H groups in total. The van der Waals surface area contributed by atoms with Gasteiger partial charge < -0.3 is 19.6 Å². The predicted molar refractivity (Wildman–Crippen MR) is 94.0 cm³/mol. The molecular weight excluding hydrogens is 358 g/mol. The van der Waals surface area contributed by atoms with Crippen LogP contribution in [0.3, 0.4) is 0 Å². The zero-order chi connectivity index (χ0) is 19.0. The zero-order valence-electron chi connectivity index (χ0n) is 13.7. The van der Waals surface area contributed by atoms with Crippen LogP contribution in [0, 0.1) is 0 Å². The van der Waals surface area contributed by atoms with Gasteiger partial charge in [0.1, 0.15) is 11.3 Å². The van der Waals surface area contributed by atoms with E-state index >= 15 is 0 Å². The van der Waals surface area contributed by atoms with Gasteiger partial charge in [0.2, 0.25) is 0 Å². The van der Waals surface area contributed by atoms with Gasteiger partial charge in [0, 0.05) is 28.9 Å². The predicted octanol–water partition coefficient (Wildman–Crippen LogP) is 4.38. The average molecular weight is 370 g/mol. The molecule has 2 aromatic heterocycles. The fourth-order valence-corrected chi connectivity index (χ4v) is 2.76. The zero-order valence-corrected chi connectivity index (χ0v) is 13.7. The van der Waals surface area contributed by atoms with Crippen molar-refractivity contribution in [3.8, 4) is 11.5 Å². The quantitative estimate of drug-likeness (QED) is 0.326. The molecule has 0 unspecified atom stereocenters. The number of hydrogen-bond acceptors (Lipinski definition) is 6. The molecule has 0 spiro atoms. The minimum absolute atomic E-state index is 0.0186. The second-order valence-electron chi connectivity index (χ2n) is 5.63. The number of hydrogen-bond donors (Lipinski definition) is 1. The van der Waals surface area contributed by atoms with Crippen LogP contribution in [-0.4, -0.2) is 17.6 Å². The molecule has 27 heavy (non-hydrogen) atoms. The topological polar surface area (TPSA) is 87.6 Å². The molecule has 0 bridgehead atoms. The van der Waals surface area contributed by atoms with Crippen molar-refractivity contribution in [3.05, 3.63) is 60.4 Å². The van der Waals surface area contributed by atoms with Gasteiger partial charge in [-0.1, -0.05) is 0 Å². The van der Waals surface area contributed by atoms with Crippen LogP contribution < -0.4 is 15.2 Å². The van der Waals surface area contributed by atoms with Gasteiger partial charge in [-0.2, -0.15) is 8.78 Å².